The maximum atomic E-state index is 11.9. The molecule has 2 aromatic rings. The molecule has 0 unspecified atom stereocenters. The third kappa shape index (κ3) is 3.48. The molecule has 0 aliphatic carbocycles. The first-order valence-electron chi connectivity index (χ1n) is 6.26. The van der Waals surface area contributed by atoms with Crippen LogP contribution in [-0.4, -0.2) is 16.8 Å². The Bertz CT molecular complexity index is 635. The van der Waals surface area contributed by atoms with Crippen LogP contribution in [0.5, 0.6) is 0 Å². The molecule has 0 spiro atoms. The molecule has 5 heteroatoms. The SMILES string of the molecule is Cc1cc(Cl)ccc1NC(=O)CCn1cccc1C=O. The van der Waals surface area contributed by atoms with Gasteiger partial charge in [0, 0.05) is 29.9 Å². The molecule has 0 atom stereocenters. The molecule has 0 saturated heterocycles. The molecule has 0 radical (unpaired) electrons. The summed E-state index contributed by atoms with van der Waals surface area (Å²) in [6.45, 7) is 2.36. The lowest BCUT2D eigenvalue weighted by molar-refractivity contribution is -0.116. The largest absolute Gasteiger partial charge is 0.345 e. The van der Waals surface area contributed by atoms with E-state index in [0.29, 0.717) is 23.7 Å². The number of hydrogen-bond donors (Lipinski definition) is 1. The second-order valence-corrected chi connectivity index (χ2v) is 4.94. The minimum atomic E-state index is -0.0963. The maximum absolute atomic E-state index is 11.9. The molecule has 0 fully saturated rings. The second-order valence-electron chi connectivity index (χ2n) is 4.50. The third-order valence-electron chi connectivity index (χ3n) is 3.03. The zero-order valence-electron chi connectivity index (χ0n) is 11.1. The lowest BCUT2D eigenvalue weighted by Crippen LogP contribution is -2.15. The van der Waals surface area contributed by atoms with Gasteiger partial charge in [-0.2, -0.15) is 0 Å². The van der Waals surface area contributed by atoms with E-state index >= 15 is 0 Å². The standard InChI is InChI=1S/C15H15ClN2O2/c1-11-9-12(16)4-5-14(11)17-15(20)6-8-18-7-2-3-13(18)10-19/h2-5,7,9-10H,6,8H2,1H3,(H,17,20). The Morgan fingerprint density at radius 3 is 2.90 bits per heavy atom. The summed E-state index contributed by atoms with van der Waals surface area (Å²) in [5.74, 6) is -0.0963. The van der Waals surface area contributed by atoms with Crippen LogP contribution in [0.1, 0.15) is 22.5 Å². The molecular formula is C15H15ClN2O2. The maximum Gasteiger partial charge on any atom is 0.226 e. The summed E-state index contributed by atoms with van der Waals surface area (Å²) in [5, 5.41) is 3.48. The Morgan fingerprint density at radius 2 is 2.20 bits per heavy atom. The number of aromatic nitrogens is 1. The number of carbonyl (C=O) groups excluding carboxylic acids is 2. The van der Waals surface area contributed by atoms with E-state index < -0.39 is 0 Å². The van der Waals surface area contributed by atoms with Gasteiger partial charge >= 0.3 is 0 Å². The first kappa shape index (κ1) is 14.3. The molecule has 0 aliphatic heterocycles. The fraction of sp³-hybridized carbons (Fsp3) is 0.200. The van der Waals surface area contributed by atoms with Crippen molar-refractivity contribution < 1.29 is 9.59 Å². The number of hydrogen-bond acceptors (Lipinski definition) is 2. The van der Waals surface area contributed by atoms with Gasteiger partial charge in [-0.3, -0.25) is 9.59 Å². The molecule has 20 heavy (non-hydrogen) atoms. The molecule has 1 aromatic heterocycles. The van der Waals surface area contributed by atoms with Crippen LogP contribution in [-0.2, 0) is 11.3 Å². The van der Waals surface area contributed by atoms with E-state index in [0.717, 1.165) is 17.5 Å². The molecular weight excluding hydrogens is 276 g/mol. The van der Waals surface area contributed by atoms with E-state index in [2.05, 4.69) is 5.32 Å². The van der Waals surface area contributed by atoms with Crippen molar-refractivity contribution in [3.63, 3.8) is 0 Å². The molecule has 4 nitrogen and oxygen atoms in total. The number of carbonyl (C=O) groups is 2. The van der Waals surface area contributed by atoms with Gasteiger partial charge in [0.1, 0.15) is 0 Å². The van der Waals surface area contributed by atoms with Crippen molar-refractivity contribution in [3.8, 4) is 0 Å². The lowest BCUT2D eigenvalue weighted by Gasteiger charge is -2.09. The fourth-order valence-corrected chi connectivity index (χ4v) is 2.17. The number of halogens is 1. The van der Waals surface area contributed by atoms with Gasteiger partial charge in [-0.15, -0.1) is 0 Å². The Balaban J connectivity index is 1.94. The predicted molar refractivity (Wildman–Crippen MR) is 79.3 cm³/mol. The smallest absolute Gasteiger partial charge is 0.226 e. The van der Waals surface area contributed by atoms with Gasteiger partial charge in [0.25, 0.3) is 0 Å². The van der Waals surface area contributed by atoms with Gasteiger partial charge in [0.15, 0.2) is 6.29 Å². The predicted octanol–water partition coefficient (Wildman–Crippen LogP) is 3.29. The van der Waals surface area contributed by atoms with Crippen molar-refractivity contribution in [3.05, 3.63) is 52.8 Å². The number of nitrogens with zero attached hydrogens (tertiary/aromatic N) is 1. The van der Waals surface area contributed by atoms with Crippen LogP contribution in [0.25, 0.3) is 0 Å². The summed E-state index contributed by atoms with van der Waals surface area (Å²) in [6, 6.07) is 8.82. The molecule has 104 valence electrons. The van der Waals surface area contributed by atoms with E-state index in [1.807, 2.05) is 6.92 Å². The van der Waals surface area contributed by atoms with Crippen molar-refractivity contribution in [1.82, 2.24) is 4.57 Å². The van der Waals surface area contributed by atoms with Crippen molar-refractivity contribution in [1.29, 1.82) is 0 Å². The van der Waals surface area contributed by atoms with Crippen LogP contribution >= 0.6 is 11.6 Å². The van der Waals surface area contributed by atoms with E-state index in [4.69, 9.17) is 11.6 Å². The monoisotopic (exact) mass is 290 g/mol. The van der Waals surface area contributed by atoms with E-state index in [1.54, 1.807) is 41.1 Å². The minimum Gasteiger partial charge on any atom is -0.345 e. The first-order chi connectivity index (χ1) is 9.60. The van der Waals surface area contributed by atoms with E-state index in [1.165, 1.54) is 0 Å². The highest BCUT2D eigenvalue weighted by molar-refractivity contribution is 6.30. The Morgan fingerprint density at radius 1 is 1.40 bits per heavy atom. The summed E-state index contributed by atoms with van der Waals surface area (Å²) in [6.07, 6.45) is 2.86. The highest BCUT2D eigenvalue weighted by Gasteiger charge is 2.07. The average Bonchev–Trinajstić information content (AvgIpc) is 2.87. The second kappa shape index (κ2) is 6.39. The zero-order valence-corrected chi connectivity index (χ0v) is 11.9. The van der Waals surface area contributed by atoms with Crippen molar-refractivity contribution in [2.45, 2.75) is 19.9 Å². The van der Waals surface area contributed by atoms with Gasteiger partial charge in [0.05, 0.1) is 5.69 Å². The Kier molecular flexibility index (Phi) is 4.58. The van der Waals surface area contributed by atoms with E-state index in [-0.39, 0.29) is 5.91 Å². The molecule has 1 heterocycles. The molecule has 1 amide bonds. The van der Waals surface area contributed by atoms with Crippen molar-refractivity contribution >= 4 is 29.5 Å². The summed E-state index contributed by atoms with van der Waals surface area (Å²) >= 11 is 5.87. The topological polar surface area (TPSA) is 51.1 Å². The van der Waals surface area contributed by atoms with Crippen LogP contribution in [0.3, 0.4) is 0 Å². The summed E-state index contributed by atoms with van der Waals surface area (Å²) in [5.41, 5.74) is 2.24. The van der Waals surface area contributed by atoms with Gasteiger partial charge in [-0.1, -0.05) is 11.6 Å². The molecule has 0 aliphatic rings. The molecule has 1 aromatic carbocycles. The highest BCUT2D eigenvalue weighted by Crippen LogP contribution is 2.19. The number of aryl methyl sites for hydroxylation is 2. The Labute approximate surface area is 122 Å². The van der Waals surface area contributed by atoms with Crippen LogP contribution < -0.4 is 5.32 Å². The van der Waals surface area contributed by atoms with Gasteiger partial charge in [0.2, 0.25) is 5.91 Å². The van der Waals surface area contributed by atoms with E-state index in [9.17, 15) is 9.59 Å². The Hall–Kier alpha value is -2.07. The summed E-state index contributed by atoms with van der Waals surface area (Å²) < 4.78 is 1.75. The minimum absolute atomic E-state index is 0.0963. The molecule has 1 N–H and O–H groups in total. The highest BCUT2D eigenvalue weighted by atomic mass is 35.5. The number of anilines is 1. The fourth-order valence-electron chi connectivity index (χ4n) is 1.94. The van der Waals surface area contributed by atoms with Crippen molar-refractivity contribution in [2.75, 3.05) is 5.32 Å². The quantitative estimate of drug-likeness (QED) is 0.859. The molecule has 2 rings (SSSR count). The van der Waals surface area contributed by atoms with Crippen LogP contribution in [0.4, 0.5) is 5.69 Å². The van der Waals surface area contributed by atoms with Gasteiger partial charge in [-0.05, 0) is 42.8 Å². The molecule has 0 saturated carbocycles. The van der Waals surface area contributed by atoms with Gasteiger partial charge < -0.3 is 9.88 Å². The zero-order chi connectivity index (χ0) is 14.5. The first-order valence-corrected chi connectivity index (χ1v) is 6.64. The number of aldehydes is 1. The number of nitrogens with one attached hydrogen (secondary N) is 1. The lowest BCUT2D eigenvalue weighted by atomic mass is 10.2. The van der Waals surface area contributed by atoms with Crippen LogP contribution in [0.2, 0.25) is 5.02 Å². The van der Waals surface area contributed by atoms with Crippen LogP contribution in [0, 0.1) is 6.92 Å². The third-order valence-corrected chi connectivity index (χ3v) is 3.26. The summed E-state index contributed by atoms with van der Waals surface area (Å²) in [7, 11) is 0. The number of rotatable bonds is 5. The normalized spacial score (nSPS) is 10.3. The number of amides is 1. The average molecular weight is 291 g/mol. The number of benzene rings is 1. The van der Waals surface area contributed by atoms with Gasteiger partial charge in [-0.25, -0.2) is 0 Å². The van der Waals surface area contributed by atoms with Crippen LogP contribution in [0.15, 0.2) is 36.5 Å². The summed E-state index contributed by atoms with van der Waals surface area (Å²) in [4.78, 5) is 22.7. The van der Waals surface area contributed by atoms with Crippen molar-refractivity contribution in [2.24, 2.45) is 0 Å². The molecule has 0 bridgehead atoms.